The molecule has 1 aliphatic rings. The normalized spacial score (nSPS) is 18.1. The molecule has 134 valence electrons. The predicted molar refractivity (Wildman–Crippen MR) is 104 cm³/mol. The Kier molecular flexibility index (Phi) is 3.87. The average Bonchev–Trinajstić information content (AvgIpc) is 3.09. The van der Waals surface area contributed by atoms with Crippen LogP contribution in [0.25, 0.3) is 22.5 Å². The van der Waals surface area contributed by atoms with Crippen LogP contribution in [-0.2, 0) is 13.0 Å². The molecule has 0 aliphatic carbocycles. The number of pyridine rings is 1. The topological polar surface area (TPSA) is 50.9 Å². The Hall–Kier alpha value is -2.62. The van der Waals surface area contributed by atoms with Crippen LogP contribution < -0.4 is 0 Å². The Morgan fingerprint density at radius 3 is 2.58 bits per heavy atom. The monoisotopic (exact) mass is 347 g/mol. The second-order valence-electron chi connectivity index (χ2n) is 7.89. The molecule has 0 radical (unpaired) electrons. The van der Waals surface area contributed by atoms with Crippen LogP contribution >= 0.6 is 0 Å². The Labute approximate surface area is 154 Å². The lowest BCUT2D eigenvalue weighted by Gasteiger charge is -2.23. The first-order valence-corrected chi connectivity index (χ1v) is 9.27. The Bertz CT molecular complexity index is 954. The molecule has 4 heteroatoms. The number of nitrogens with zero attached hydrogens (tertiary/aromatic N) is 3. The molecule has 1 unspecified atom stereocenters. The third-order valence-electron chi connectivity index (χ3n) is 5.70. The van der Waals surface area contributed by atoms with Crippen molar-refractivity contribution in [3.05, 3.63) is 53.9 Å². The average molecular weight is 347 g/mol. The number of aromatic hydroxyl groups is 1. The van der Waals surface area contributed by atoms with Gasteiger partial charge in [-0.2, -0.15) is 5.10 Å². The maximum absolute atomic E-state index is 9.70. The minimum absolute atomic E-state index is 0.172. The molecular weight excluding hydrogens is 322 g/mol. The summed E-state index contributed by atoms with van der Waals surface area (Å²) in [4.78, 5) is 4.81. The van der Waals surface area contributed by atoms with E-state index in [2.05, 4.69) is 44.5 Å². The molecule has 4 nitrogen and oxygen atoms in total. The molecule has 2 aromatic heterocycles. The van der Waals surface area contributed by atoms with Gasteiger partial charge in [-0.05, 0) is 41.7 Å². The maximum atomic E-state index is 9.70. The van der Waals surface area contributed by atoms with E-state index in [-0.39, 0.29) is 11.2 Å². The highest BCUT2D eigenvalue weighted by Gasteiger charge is 2.40. The minimum Gasteiger partial charge on any atom is -0.508 e. The molecule has 0 bridgehead atoms. The largest absolute Gasteiger partial charge is 0.508 e. The van der Waals surface area contributed by atoms with Crippen LogP contribution in [0.4, 0.5) is 0 Å². The molecule has 1 aliphatic heterocycles. The second kappa shape index (κ2) is 5.97. The van der Waals surface area contributed by atoms with Gasteiger partial charge in [0.05, 0.1) is 11.4 Å². The molecule has 26 heavy (non-hydrogen) atoms. The summed E-state index contributed by atoms with van der Waals surface area (Å²) in [6, 6.07) is 13.6. The second-order valence-corrected chi connectivity index (χ2v) is 7.89. The summed E-state index contributed by atoms with van der Waals surface area (Å²) in [6.07, 6.45) is 0.902. The number of aryl methyl sites for hydroxylation is 1. The summed E-state index contributed by atoms with van der Waals surface area (Å²) in [7, 11) is 0. The van der Waals surface area contributed by atoms with Crippen LogP contribution in [0.1, 0.15) is 45.0 Å². The van der Waals surface area contributed by atoms with E-state index in [1.807, 2.05) is 18.2 Å². The van der Waals surface area contributed by atoms with E-state index in [0.29, 0.717) is 5.92 Å². The summed E-state index contributed by atoms with van der Waals surface area (Å²) in [5.74, 6) is 0.667. The lowest BCUT2D eigenvalue weighted by atomic mass is 9.79. The van der Waals surface area contributed by atoms with E-state index in [0.717, 1.165) is 41.2 Å². The maximum Gasteiger partial charge on any atom is 0.119 e. The molecule has 4 rings (SSSR count). The Morgan fingerprint density at radius 1 is 1.15 bits per heavy atom. The van der Waals surface area contributed by atoms with Crippen LogP contribution in [-0.4, -0.2) is 19.9 Å². The first-order valence-electron chi connectivity index (χ1n) is 9.27. The van der Waals surface area contributed by atoms with E-state index >= 15 is 0 Å². The lowest BCUT2D eigenvalue weighted by Crippen LogP contribution is -2.17. The van der Waals surface area contributed by atoms with Gasteiger partial charge in [-0.3, -0.25) is 9.67 Å². The molecule has 0 saturated heterocycles. The number of aromatic nitrogens is 3. The zero-order valence-corrected chi connectivity index (χ0v) is 15.8. The van der Waals surface area contributed by atoms with Gasteiger partial charge in [0.1, 0.15) is 11.4 Å². The molecule has 3 aromatic rings. The fourth-order valence-electron chi connectivity index (χ4n) is 3.83. The van der Waals surface area contributed by atoms with Gasteiger partial charge >= 0.3 is 0 Å². The third kappa shape index (κ3) is 2.61. The van der Waals surface area contributed by atoms with E-state index in [4.69, 9.17) is 10.1 Å². The Balaban J connectivity index is 1.96. The third-order valence-corrected chi connectivity index (χ3v) is 5.70. The van der Waals surface area contributed by atoms with Crippen LogP contribution in [0.2, 0.25) is 0 Å². The molecule has 1 N–H and O–H groups in total. The number of fused-ring (bicyclic) bond motifs is 1. The van der Waals surface area contributed by atoms with Crippen molar-refractivity contribution in [2.75, 3.05) is 0 Å². The van der Waals surface area contributed by atoms with Gasteiger partial charge in [0.2, 0.25) is 0 Å². The highest BCUT2D eigenvalue weighted by atomic mass is 16.3. The number of benzene rings is 1. The molecular formula is C22H25N3O. The fraction of sp³-hybridized carbons (Fsp3) is 0.364. The van der Waals surface area contributed by atoms with Crippen molar-refractivity contribution in [2.45, 2.75) is 46.6 Å². The van der Waals surface area contributed by atoms with Crippen molar-refractivity contribution < 1.29 is 5.11 Å². The first-order chi connectivity index (χ1) is 12.4. The summed E-state index contributed by atoms with van der Waals surface area (Å²) in [6.45, 7) is 9.89. The number of hydrogen-bond acceptors (Lipinski definition) is 3. The Morgan fingerprint density at radius 2 is 1.88 bits per heavy atom. The van der Waals surface area contributed by atoms with Gasteiger partial charge in [-0.15, -0.1) is 0 Å². The van der Waals surface area contributed by atoms with Crippen LogP contribution in [0.3, 0.4) is 0 Å². The molecule has 1 aromatic carbocycles. The lowest BCUT2D eigenvalue weighted by molar-refractivity contribution is 0.301. The number of phenols is 1. The zero-order valence-electron chi connectivity index (χ0n) is 15.8. The molecule has 0 saturated carbocycles. The zero-order chi connectivity index (χ0) is 18.5. The highest BCUT2D eigenvalue weighted by Crippen LogP contribution is 2.49. The summed E-state index contributed by atoms with van der Waals surface area (Å²) < 4.78 is 2.16. The van der Waals surface area contributed by atoms with Crippen molar-refractivity contribution >= 4 is 0 Å². The highest BCUT2D eigenvalue weighted by molar-refractivity contribution is 5.82. The van der Waals surface area contributed by atoms with Crippen molar-refractivity contribution in [2.24, 2.45) is 5.41 Å². The molecule has 1 atom stereocenters. The van der Waals surface area contributed by atoms with Crippen LogP contribution in [0.15, 0.2) is 42.5 Å². The van der Waals surface area contributed by atoms with Gasteiger partial charge in [0.25, 0.3) is 0 Å². The summed E-state index contributed by atoms with van der Waals surface area (Å²) in [5.41, 5.74) is 6.57. The number of phenolic OH excluding ortho intramolecular Hbond substituents is 1. The van der Waals surface area contributed by atoms with Crippen molar-refractivity contribution in [1.82, 2.24) is 14.8 Å². The van der Waals surface area contributed by atoms with Gasteiger partial charge in [0.15, 0.2) is 0 Å². The quantitative estimate of drug-likeness (QED) is 0.723. The van der Waals surface area contributed by atoms with E-state index in [9.17, 15) is 5.11 Å². The van der Waals surface area contributed by atoms with Crippen molar-refractivity contribution in [1.29, 1.82) is 0 Å². The van der Waals surface area contributed by atoms with Gasteiger partial charge < -0.3 is 5.11 Å². The fourth-order valence-corrected chi connectivity index (χ4v) is 3.83. The van der Waals surface area contributed by atoms with E-state index in [1.54, 1.807) is 12.1 Å². The number of rotatable bonds is 3. The number of hydrogen-bond donors (Lipinski definition) is 1. The minimum atomic E-state index is 0.172. The molecule has 0 spiro atoms. The molecule has 0 fully saturated rings. The molecule has 0 amide bonds. The first kappa shape index (κ1) is 16.8. The summed E-state index contributed by atoms with van der Waals surface area (Å²) >= 11 is 0. The standard InChI is InChI=1S/C22H25N3O/c1-5-16-7-6-8-18(23-16)20-19(15-9-11-17(26)12-10-15)21-14(2)22(3,4)13-25(21)24-20/h6-12,14,26H,5,13H2,1-4H3. The van der Waals surface area contributed by atoms with Gasteiger partial charge in [0, 0.05) is 23.7 Å². The SMILES string of the molecule is CCc1cccc(-c2nn3c(c2-c2ccc(O)cc2)C(C)C(C)(C)C3)n1. The van der Waals surface area contributed by atoms with Crippen LogP contribution in [0.5, 0.6) is 5.75 Å². The molecule has 3 heterocycles. The summed E-state index contributed by atoms with van der Waals surface area (Å²) in [5, 5.41) is 14.7. The van der Waals surface area contributed by atoms with Gasteiger partial charge in [-0.25, -0.2) is 0 Å². The smallest absolute Gasteiger partial charge is 0.119 e. The van der Waals surface area contributed by atoms with Crippen molar-refractivity contribution in [3.63, 3.8) is 0 Å². The van der Waals surface area contributed by atoms with Gasteiger partial charge in [-0.1, -0.05) is 45.9 Å². The van der Waals surface area contributed by atoms with Crippen molar-refractivity contribution in [3.8, 4) is 28.3 Å². The van der Waals surface area contributed by atoms with E-state index < -0.39 is 0 Å². The van der Waals surface area contributed by atoms with E-state index in [1.165, 1.54) is 5.69 Å². The van der Waals surface area contributed by atoms with Crippen LogP contribution in [0, 0.1) is 5.41 Å². The predicted octanol–water partition coefficient (Wildman–Crippen LogP) is 5.02.